The van der Waals surface area contributed by atoms with Gasteiger partial charge in [0, 0.05) is 38.4 Å². The van der Waals surface area contributed by atoms with Crippen molar-refractivity contribution in [3.8, 4) is 0 Å². The zero-order valence-electron chi connectivity index (χ0n) is 39.5. The van der Waals surface area contributed by atoms with Gasteiger partial charge in [-0.3, -0.25) is 0 Å². The number of allylic oxidation sites excluding steroid dienone is 4. The molecule has 4 unspecified atom stereocenters. The third-order valence-corrected chi connectivity index (χ3v) is 3.21. The first-order valence-electron chi connectivity index (χ1n) is 20.6. The molecule has 4 aliphatic rings. The van der Waals surface area contributed by atoms with Gasteiger partial charge in [0.2, 0.25) is 0 Å². The zero-order valence-corrected chi connectivity index (χ0v) is 11.5. The van der Waals surface area contributed by atoms with Crippen LogP contribution in [0.4, 0.5) is 0 Å². The smallest absolute Gasteiger partial charge is 0.275 e. The van der Waals surface area contributed by atoms with Crippen LogP contribution in [0.5, 0.6) is 0 Å². The SMILES string of the molecule is [2H]C1([2H])C=C2C([2H])([2H])C([2H])(C(=[N+]=[N-])C3([2H])C([2H])([2H])C4=CC([2H])([2H])C([2H])([2H])C([2H])([2H])C4([2H])C([2H])([2H])C3([2H])[2H])C([2H])([2H])C([2H])([2H])C2([2H])C([2H])([2H])C1([2H])[2H]. The van der Waals surface area contributed by atoms with Gasteiger partial charge in [0.15, 0.2) is 0 Å². The van der Waals surface area contributed by atoms with E-state index in [0.717, 1.165) is 0 Å². The zero-order chi connectivity index (χ0) is 40.9. The third kappa shape index (κ3) is 3.11. The van der Waals surface area contributed by atoms with E-state index in [1.54, 1.807) is 0 Å². The van der Waals surface area contributed by atoms with Crippen LogP contribution < -0.4 is 0 Å². The quantitative estimate of drug-likeness (QED) is 0.267. The fourth-order valence-electron chi connectivity index (χ4n) is 2.13. The predicted octanol–water partition coefficient (Wildman–Crippen LogP) is 5.71. The molecule has 0 aromatic carbocycles. The number of rotatable bonds is 2. The Balaban J connectivity index is 2.26. The molecule has 4 atom stereocenters. The highest BCUT2D eigenvalue weighted by atomic mass is 14.9. The average molecular weight is 339 g/mol. The monoisotopic (exact) mass is 338 g/mol. The summed E-state index contributed by atoms with van der Waals surface area (Å²) in [5.74, 6) is -17.8. The van der Waals surface area contributed by atoms with Crippen LogP contribution in [0, 0.1) is 23.6 Å². The summed E-state index contributed by atoms with van der Waals surface area (Å²) >= 11 is 0. The largest absolute Gasteiger partial charge is 0.362 e. The number of nitrogens with zero attached hydrogens (tertiary/aromatic N) is 2. The Morgan fingerprint density at radius 1 is 0.913 bits per heavy atom. The van der Waals surface area contributed by atoms with Gasteiger partial charge >= 0.3 is 0 Å². The Bertz CT molecular complexity index is 1580. The highest BCUT2D eigenvalue weighted by Crippen LogP contribution is 2.44. The Morgan fingerprint density at radius 2 is 1.43 bits per heavy atom. The molecule has 0 saturated heterocycles. The normalized spacial score (nSPS) is 93.9. The standard InChI is InChI=1S/C21H30N2/c22-23-21(19-11-9-15-5-1-3-7-17(15)13-19)20-12-10-16-6-2-4-8-18(16)14-20/h7-8,15-16,19-20H,1-6,9-14H2/i1D2,2D2,3D2,4D2,5D2,6D2,9D2,10D2,11D2,12D2,13D2,14D2,15D,16D,19D,20D. The number of hydrogen-bond acceptors (Lipinski definition) is 0. The minimum absolute atomic E-state index is 0.170. The first-order chi connectivity index (χ1) is 21.9. The lowest BCUT2D eigenvalue weighted by Crippen LogP contribution is -2.33. The van der Waals surface area contributed by atoms with Crippen molar-refractivity contribution in [3.05, 3.63) is 28.8 Å². The van der Waals surface area contributed by atoms with E-state index in [9.17, 15) is 8.27 Å². The summed E-state index contributed by atoms with van der Waals surface area (Å²) < 4.78 is 241. The first kappa shape index (κ1) is 3.40. The van der Waals surface area contributed by atoms with Crippen LogP contribution in [-0.4, -0.2) is 10.5 Å². The van der Waals surface area contributed by atoms with Crippen LogP contribution in [0.2, 0.25) is 0 Å². The van der Waals surface area contributed by atoms with Gasteiger partial charge in [0.05, 0.1) is 11.8 Å². The van der Waals surface area contributed by atoms with Crippen molar-refractivity contribution in [2.24, 2.45) is 23.6 Å². The Labute approximate surface area is 180 Å². The molecular weight excluding hydrogens is 280 g/mol. The van der Waals surface area contributed by atoms with Crippen molar-refractivity contribution in [2.45, 2.75) is 76.5 Å². The molecule has 23 heavy (non-hydrogen) atoms. The molecule has 0 N–H and O–H groups in total. The second-order valence-corrected chi connectivity index (χ2v) is 4.60. The van der Waals surface area contributed by atoms with Crippen molar-refractivity contribution < 1.29 is 43.2 Å². The van der Waals surface area contributed by atoms with E-state index in [1.807, 2.05) is 0 Å². The van der Waals surface area contributed by atoms with Gasteiger partial charge < -0.3 is 5.53 Å². The number of fused-ring (bicyclic) bond motifs is 2. The fourth-order valence-corrected chi connectivity index (χ4v) is 2.13. The second-order valence-electron chi connectivity index (χ2n) is 4.60. The summed E-state index contributed by atoms with van der Waals surface area (Å²) in [6.45, 7) is 0. The van der Waals surface area contributed by atoms with Crippen LogP contribution in [0.25, 0.3) is 5.53 Å². The Morgan fingerprint density at radius 3 is 1.91 bits per heavy atom. The minimum Gasteiger partial charge on any atom is -0.362 e. The molecule has 0 aliphatic heterocycles. The van der Waals surface area contributed by atoms with Crippen LogP contribution in [0.1, 0.15) is 115 Å². The van der Waals surface area contributed by atoms with Gasteiger partial charge in [-0.2, -0.15) is 4.79 Å². The van der Waals surface area contributed by atoms with Crippen LogP contribution in [0.15, 0.2) is 23.3 Å². The summed E-state index contributed by atoms with van der Waals surface area (Å²) in [4.78, 5) is 2.46. The van der Waals surface area contributed by atoms with E-state index < -0.39 is 117 Å². The first-order valence-corrected chi connectivity index (χ1v) is 6.58. The maximum atomic E-state index is 10.4. The van der Waals surface area contributed by atoms with Crippen LogP contribution in [-0.2, 0) is 0 Å². The Hall–Kier alpha value is -1.14. The third-order valence-electron chi connectivity index (χ3n) is 3.21. The van der Waals surface area contributed by atoms with E-state index in [0.29, 0.717) is 0 Å². The molecule has 2 heteroatoms. The molecule has 0 aromatic heterocycles. The van der Waals surface area contributed by atoms with Gasteiger partial charge in [-0.1, -0.05) is 23.3 Å². The topological polar surface area (TPSA) is 36.4 Å². The molecule has 4 rings (SSSR count). The molecule has 0 aromatic rings. The van der Waals surface area contributed by atoms with Crippen LogP contribution in [0.3, 0.4) is 0 Å². The van der Waals surface area contributed by atoms with Crippen molar-refractivity contribution in [2.75, 3.05) is 0 Å². The fraction of sp³-hybridized carbons (Fsp3) is 0.762. The highest BCUT2D eigenvalue weighted by Gasteiger charge is 2.40. The summed E-state index contributed by atoms with van der Waals surface area (Å²) in [6.07, 6.45) is -51.5. The number of hydrogen-bond donors (Lipinski definition) is 0. The molecule has 2 fully saturated rings. The van der Waals surface area contributed by atoms with Gasteiger partial charge in [-0.05, 0) is 88.3 Å². The molecular formula is C21H30N2. The van der Waals surface area contributed by atoms with Gasteiger partial charge in [0.25, 0.3) is 5.71 Å². The summed E-state index contributed by atoms with van der Waals surface area (Å²) in [6, 6.07) is 0. The van der Waals surface area contributed by atoms with Crippen LogP contribution >= 0.6 is 0 Å². The minimum atomic E-state index is -4.72. The van der Waals surface area contributed by atoms with Crippen molar-refractivity contribution >= 4 is 5.71 Å². The molecule has 0 bridgehead atoms. The van der Waals surface area contributed by atoms with E-state index in [4.69, 9.17) is 35.6 Å². The maximum Gasteiger partial charge on any atom is 0.275 e. The lowest BCUT2D eigenvalue weighted by molar-refractivity contribution is -0.0240. The van der Waals surface area contributed by atoms with Crippen molar-refractivity contribution in [3.63, 3.8) is 0 Å². The van der Waals surface area contributed by atoms with E-state index >= 15 is 0 Å². The summed E-state index contributed by atoms with van der Waals surface area (Å²) in [5, 5.41) is 0. The molecule has 2 saturated carbocycles. The summed E-state index contributed by atoms with van der Waals surface area (Å²) in [5.41, 5.74) is 4.14. The van der Waals surface area contributed by atoms with Crippen molar-refractivity contribution in [1.29, 1.82) is 0 Å². The average Bonchev–Trinajstić information content (AvgIpc) is 2.94. The van der Waals surface area contributed by atoms with Gasteiger partial charge in [-0.15, -0.1) is 0 Å². The second kappa shape index (κ2) is 6.77. The molecule has 2 nitrogen and oxygen atoms in total. The molecule has 0 spiro atoms. The summed E-state index contributed by atoms with van der Waals surface area (Å²) in [7, 11) is 0. The van der Waals surface area contributed by atoms with E-state index in [2.05, 4.69) is 4.79 Å². The predicted molar refractivity (Wildman–Crippen MR) is 94.2 cm³/mol. The molecule has 0 radical (unpaired) electrons. The molecule has 0 heterocycles. The Kier molecular flexibility index (Phi) is 1.00. The van der Waals surface area contributed by atoms with Gasteiger partial charge in [-0.25, -0.2) is 0 Å². The lowest BCUT2D eigenvalue weighted by atomic mass is 9.66. The van der Waals surface area contributed by atoms with Gasteiger partial charge in [0.1, 0.15) is 0 Å². The molecule has 124 valence electrons. The maximum absolute atomic E-state index is 10.4. The van der Waals surface area contributed by atoms with E-state index in [-0.39, 0.29) is 12.2 Å². The van der Waals surface area contributed by atoms with E-state index in [1.165, 1.54) is 0 Å². The van der Waals surface area contributed by atoms with Crippen molar-refractivity contribution in [1.82, 2.24) is 0 Å². The molecule has 0 amide bonds. The molecule has 4 aliphatic carbocycles. The lowest BCUT2D eigenvalue weighted by Gasteiger charge is -2.36. The highest BCUT2D eigenvalue weighted by molar-refractivity contribution is 5.85.